The van der Waals surface area contributed by atoms with Crippen molar-refractivity contribution in [3.05, 3.63) is 77.5 Å². The topological polar surface area (TPSA) is 121 Å². The number of aryl methyl sites for hydroxylation is 2. The van der Waals surface area contributed by atoms with Crippen molar-refractivity contribution in [2.45, 2.75) is 44.8 Å². The highest BCUT2D eigenvalue weighted by Crippen LogP contribution is 2.43. The summed E-state index contributed by atoms with van der Waals surface area (Å²) in [6.45, 7) is 4.75. The van der Waals surface area contributed by atoms with E-state index in [0.29, 0.717) is 42.2 Å². The Labute approximate surface area is 218 Å². The second kappa shape index (κ2) is 9.77. The number of rotatable bonds is 5. The summed E-state index contributed by atoms with van der Waals surface area (Å²) in [4.78, 5) is 30.4. The molecule has 2 atom stereocenters. The first-order chi connectivity index (χ1) is 18.5. The van der Waals surface area contributed by atoms with Crippen LogP contribution in [0.3, 0.4) is 0 Å². The smallest absolute Gasteiger partial charge is 0.321 e. The fraction of sp³-hybridized carbons (Fsp3) is 0.346. The van der Waals surface area contributed by atoms with E-state index in [4.69, 9.17) is 19.2 Å². The predicted octanol–water partition coefficient (Wildman–Crippen LogP) is 4.28. The second-order valence-electron chi connectivity index (χ2n) is 9.50. The van der Waals surface area contributed by atoms with Gasteiger partial charge in [-0.1, -0.05) is 17.3 Å². The number of nitrogens with zero attached hydrogens (tertiary/aromatic N) is 6. The molecule has 3 aliphatic rings. The number of hydrogen-bond donors (Lipinski definition) is 2. The lowest BCUT2D eigenvalue weighted by Gasteiger charge is -2.32. The van der Waals surface area contributed by atoms with Gasteiger partial charge in [0.05, 0.1) is 5.69 Å². The summed E-state index contributed by atoms with van der Waals surface area (Å²) in [6, 6.07) is 8.07. The fourth-order valence-corrected chi connectivity index (χ4v) is 5.02. The first-order valence-corrected chi connectivity index (χ1v) is 12.5. The van der Waals surface area contributed by atoms with E-state index >= 15 is 0 Å². The van der Waals surface area contributed by atoms with E-state index in [0.717, 1.165) is 24.1 Å². The van der Waals surface area contributed by atoms with Crippen molar-refractivity contribution in [1.82, 2.24) is 24.9 Å². The third-order valence-corrected chi connectivity index (χ3v) is 7.04. The van der Waals surface area contributed by atoms with Crippen molar-refractivity contribution in [1.29, 1.82) is 0 Å². The van der Waals surface area contributed by atoms with Gasteiger partial charge in [-0.15, -0.1) is 0 Å². The first-order valence-electron chi connectivity index (χ1n) is 12.5. The normalized spacial score (nSPS) is 20.8. The third kappa shape index (κ3) is 4.53. The van der Waals surface area contributed by atoms with Gasteiger partial charge in [-0.3, -0.25) is 4.90 Å². The van der Waals surface area contributed by atoms with Crippen LogP contribution in [-0.4, -0.2) is 56.1 Å². The van der Waals surface area contributed by atoms with Gasteiger partial charge in [0.15, 0.2) is 5.76 Å². The number of likely N-dealkylation sites (tertiary alicyclic amines) is 1. The summed E-state index contributed by atoms with van der Waals surface area (Å²) in [5, 5.41) is 10.2. The molecule has 196 valence electrons. The van der Waals surface area contributed by atoms with Gasteiger partial charge in [0.2, 0.25) is 5.95 Å². The Kier molecular flexibility index (Phi) is 6.14. The quantitative estimate of drug-likeness (QED) is 0.513. The maximum Gasteiger partial charge on any atom is 0.321 e. The molecule has 0 radical (unpaired) electrons. The lowest BCUT2D eigenvalue weighted by molar-refractivity contribution is 0.197. The number of carbonyl (C=O) groups excluding carboxylic acids is 1. The summed E-state index contributed by atoms with van der Waals surface area (Å²) in [6.07, 6.45) is 6.63. The van der Waals surface area contributed by atoms with Gasteiger partial charge in [0.1, 0.15) is 35.5 Å². The first kappa shape index (κ1) is 23.9. The summed E-state index contributed by atoms with van der Waals surface area (Å²) in [5.41, 5.74) is 2.91. The molecule has 3 aliphatic heterocycles. The molecule has 2 amide bonds. The molecule has 0 aliphatic carbocycles. The Morgan fingerprint density at radius 3 is 2.66 bits per heavy atom. The number of amidine groups is 1. The molecular formula is C26H27FN8O3. The van der Waals surface area contributed by atoms with Crippen LogP contribution in [0.2, 0.25) is 0 Å². The Bertz CT molecular complexity index is 1380. The Balaban J connectivity index is 1.12. The van der Waals surface area contributed by atoms with Gasteiger partial charge in [-0.25, -0.2) is 24.1 Å². The molecule has 2 unspecified atom stereocenters. The number of amides is 2. The molecule has 12 heteroatoms. The number of fused-ring (bicyclic) bond motifs is 1. The van der Waals surface area contributed by atoms with Gasteiger partial charge in [0.25, 0.3) is 6.02 Å². The fourth-order valence-electron chi connectivity index (χ4n) is 5.02. The number of hydrogen-bond acceptors (Lipinski definition) is 9. The van der Waals surface area contributed by atoms with Gasteiger partial charge < -0.3 is 24.8 Å². The summed E-state index contributed by atoms with van der Waals surface area (Å²) in [5.74, 6) is 0.798. The molecule has 6 rings (SSSR count). The zero-order valence-corrected chi connectivity index (χ0v) is 21.0. The third-order valence-electron chi connectivity index (χ3n) is 7.04. The van der Waals surface area contributed by atoms with Gasteiger partial charge >= 0.3 is 6.03 Å². The zero-order valence-electron chi connectivity index (χ0n) is 21.0. The van der Waals surface area contributed by atoms with Crippen LogP contribution in [-0.2, 0) is 4.74 Å². The molecule has 11 nitrogen and oxygen atoms in total. The van der Waals surface area contributed by atoms with Crippen molar-refractivity contribution in [2.75, 3.05) is 23.7 Å². The van der Waals surface area contributed by atoms with Crippen LogP contribution in [0.4, 0.5) is 20.8 Å². The molecule has 2 N–H and O–H groups in total. The molecule has 38 heavy (non-hydrogen) atoms. The highest BCUT2D eigenvalue weighted by molar-refractivity contribution is 5.90. The second-order valence-corrected chi connectivity index (χ2v) is 9.50. The van der Waals surface area contributed by atoms with E-state index in [1.54, 1.807) is 43.3 Å². The predicted molar refractivity (Wildman–Crippen MR) is 137 cm³/mol. The van der Waals surface area contributed by atoms with Gasteiger partial charge in [-0.05, 0) is 50.5 Å². The highest BCUT2D eigenvalue weighted by Gasteiger charge is 2.41. The number of carbonyl (C=O) groups is 1. The molecule has 1 fully saturated rings. The average molecular weight is 519 g/mol. The molecule has 5 heterocycles. The van der Waals surface area contributed by atoms with Crippen molar-refractivity contribution < 1.29 is 18.4 Å². The van der Waals surface area contributed by atoms with E-state index in [1.165, 1.54) is 12.1 Å². The van der Waals surface area contributed by atoms with Gasteiger partial charge in [-0.2, -0.15) is 0 Å². The summed E-state index contributed by atoms with van der Waals surface area (Å²) < 4.78 is 24.2. The lowest BCUT2D eigenvalue weighted by Crippen LogP contribution is -2.44. The number of piperidine rings is 1. The molecule has 0 spiro atoms. The zero-order chi connectivity index (χ0) is 26.2. The molecule has 0 saturated carbocycles. The van der Waals surface area contributed by atoms with E-state index in [9.17, 15) is 9.18 Å². The molecule has 1 saturated heterocycles. The standard InChI is InChI=1S/C26H27FN8O3/c1-15-21(16(2)38-33-15)31-25(36)34-11-8-19(9-12-34)29-24-28-10-7-20(30-24)23-22(17-3-5-18(27)6-4-17)32-26-35(23)13-14-37-26/h3-7,10,13-14,19,22-23H,8-9,11-12H2,1-2H3,(H,31,36)(H,28,29,30). The molecular weight excluding hydrogens is 491 g/mol. The Hall–Kier alpha value is -4.48. The van der Waals surface area contributed by atoms with Crippen molar-refractivity contribution in [3.63, 3.8) is 0 Å². The van der Waals surface area contributed by atoms with Crippen LogP contribution < -0.4 is 10.6 Å². The van der Waals surface area contributed by atoms with E-state index < -0.39 is 0 Å². The molecule has 1 aromatic carbocycles. The van der Waals surface area contributed by atoms with E-state index in [2.05, 4.69) is 20.8 Å². The number of benzene rings is 1. The number of anilines is 2. The number of ether oxygens (including phenoxy) is 1. The minimum absolute atomic E-state index is 0.117. The van der Waals surface area contributed by atoms with E-state index in [-0.39, 0.29) is 30.0 Å². The van der Waals surface area contributed by atoms with Crippen LogP contribution in [0.15, 0.2) is 58.5 Å². The van der Waals surface area contributed by atoms with Crippen LogP contribution in [0.25, 0.3) is 0 Å². The Morgan fingerprint density at radius 1 is 1.13 bits per heavy atom. The monoisotopic (exact) mass is 518 g/mol. The Morgan fingerprint density at radius 2 is 1.92 bits per heavy atom. The van der Waals surface area contributed by atoms with Crippen LogP contribution in [0, 0.1) is 19.7 Å². The van der Waals surface area contributed by atoms with Crippen molar-refractivity contribution >= 4 is 23.7 Å². The summed E-state index contributed by atoms with van der Waals surface area (Å²) >= 11 is 0. The SMILES string of the molecule is Cc1noc(C)c1NC(=O)N1CCC(Nc2nccc(C3C(c4ccc(F)cc4)N=C4OC=CN43)n2)CC1. The number of halogens is 1. The minimum Gasteiger partial charge on any atom is -0.432 e. The number of aromatic nitrogens is 3. The number of urea groups is 1. The maximum absolute atomic E-state index is 13.5. The maximum atomic E-state index is 13.5. The lowest BCUT2D eigenvalue weighted by atomic mass is 9.97. The largest absolute Gasteiger partial charge is 0.432 e. The van der Waals surface area contributed by atoms with Crippen LogP contribution in [0.5, 0.6) is 0 Å². The molecule has 3 aromatic rings. The number of aliphatic imine (C=N–C) groups is 1. The van der Waals surface area contributed by atoms with E-state index in [1.807, 2.05) is 17.2 Å². The van der Waals surface area contributed by atoms with Crippen molar-refractivity contribution in [3.8, 4) is 0 Å². The summed E-state index contributed by atoms with van der Waals surface area (Å²) in [7, 11) is 0. The van der Waals surface area contributed by atoms with Crippen LogP contribution >= 0.6 is 0 Å². The van der Waals surface area contributed by atoms with Crippen LogP contribution in [0.1, 0.15) is 47.6 Å². The van der Waals surface area contributed by atoms with Crippen molar-refractivity contribution in [2.24, 2.45) is 4.99 Å². The average Bonchev–Trinajstić information content (AvgIpc) is 3.61. The highest BCUT2D eigenvalue weighted by atomic mass is 19.1. The minimum atomic E-state index is -0.308. The molecule has 2 aromatic heterocycles. The number of nitrogens with one attached hydrogen (secondary N) is 2. The molecule has 0 bridgehead atoms. The van der Waals surface area contributed by atoms with Gasteiger partial charge in [0, 0.05) is 31.5 Å².